The first-order chi connectivity index (χ1) is 26.6. The van der Waals surface area contributed by atoms with Crippen molar-refractivity contribution in [3.63, 3.8) is 0 Å². The highest BCUT2D eigenvalue weighted by Crippen LogP contribution is 2.53. The number of aryl methyl sites for hydroxylation is 4. The second-order valence-corrected chi connectivity index (χ2v) is 15.8. The van der Waals surface area contributed by atoms with Crippen molar-refractivity contribution in [3.05, 3.63) is 166 Å². The Balaban J connectivity index is 1.47. The number of rotatable bonds is 3. The molecule has 10 rings (SSSR count). The Morgan fingerprint density at radius 2 is 0.836 bits per heavy atom. The van der Waals surface area contributed by atoms with Crippen LogP contribution >= 0.6 is 0 Å². The highest BCUT2D eigenvalue weighted by atomic mass is 16.3. The molecule has 55 heavy (non-hydrogen) atoms. The van der Waals surface area contributed by atoms with Crippen molar-refractivity contribution in [2.75, 3.05) is 0 Å². The first-order valence-corrected chi connectivity index (χ1v) is 19.5. The van der Waals surface area contributed by atoms with Gasteiger partial charge in [-0.25, -0.2) is 0 Å². The summed E-state index contributed by atoms with van der Waals surface area (Å²) < 4.78 is 6.73. The summed E-state index contributed by atoms with van der Waals surface area (Å²) in [7, 11) is 0. The van der Waals surface area contributed by atoms with Crippen molar-refractivity contribution in [1.82, 2.24) is 0 Å². The van der Waals surface area contributed by atoms with Gasteiger partial charge in [0.1, 0.15) is 11.2 Å². The zero-order valence-electron chi connectivity index (χ0n) is 33.0. The van der Waals surface area contributed by atoms with E-state index in [1.807, 2.05) is 0 Å². The fourth-order valence-corrected chi connectivity index (χ4v) is 9.71. The molecule has 1 heteroatoms. The van der Waals surface area contributed by atoms with Gasteiger partial charge < -0.3 is 4.42 Å². The quantitative estimate of drug-likeness (QED) is 0.167. The lowest BCUT2D eigenvalue weighted by molar-refractivity contribution is 0.669. The molecule has 0 aliphatic rings. The fraction of sp³-hybridized carbons (Fsp3) is 0.148. The molecule has 0 spiro atoms. The number of fused-ring (bicyclic) bond motifs is 7. The first kappa shape index (κ1) is 33.4. The Kier molecular flexibility index (Phi) is 7.39. The lowest BCUT2D eigenvalue weighted by Crippen LogP contribution is -2.04. The molecule has 1 aromatic heterocycles. The van der Waals surface area contributed by atoms with E-state index in [1.54, 1.807) is 0 Å². The lowest BCUT2D eigenvalue weighted by atomic mass is 9.76. The van der Waals surface area contributed by atoms with Crippen molar-refractivity contribution >= 4 is 65.0 Å². The van der Waals surface area contributed by atoms with Crippen molar-refractivity contribution in [3.8, 4) is 33.4 Å². The summed E-state index contributed by atoms with van der Waals surface area (Å²) >= 11 is 0. The Labute approximate surface area is 322 Å². The second-order valence-electron chi connectivity index (χ2n) is 15.8. The smallest absolute Gasteiger partial charge is 0.136 e. The predicted molar refractivity (Wildman–Crippen MR) is 238 cm³/mol. The van der Waals surface area contributed by atoms with Crippen molar-refractivity contribution < 1.29 is 4.42 Å². The van der Waals surface area contributed by atoms with Gasteiger partial charge in [0.15, 0.2) is 0 Å². The van der Waals surface area contributed by atoms with Crippen molar-refractivity contribution in [1.29, 1.82) is 0 Å². The van der Waals surface area contributed by atoms with E-state index in [4.69, 9.17) is 4.42 Å². The van der Waals surface area contributed by atoms with E-state index in [0.29, 0.717) is 0 Å². The number of hydrogen-bond donors (Lipinski definition) is 0. The van der Waals surface area contributed by atoms with Crippen LogP contribution in [0.2, 0.25) is 0 Å². The van der Waals surface area contributed by atoms with Gasteiger partial charge in [0.2, 0.25) is 0 Å². The average Bonchev–Trinajstić information content (AvgIpc) is 3.59. The zero-order chi connectivity index (χ0) is 37.9. The Morgan fingerprint density at radius 1 is 0.309 bits per heavy atom. The van der Waals surface area contributed by atoms with Gasteiger partial charge in [-0.2, -0.15) is 0 Å². The Hall–Kier alpha value is -6.18. The molecule has 0 saturated carbocycles. The van der Waals surface area contributed by atoms with Gasteiger partial charge in [0.05, 0.1) is 0 Å². The third-order valence-corrected chi connectivity index (χ3v) is 13.2. The molecule has 0 atom stereocenters. The summed E-state index contributed by atoms with van der Waals surface area (Å²) in [5.74, 6) is 0. The van der Waals surface area contributed by atoms with Crippen LogP contribution in [-0.4, -0.2) is 0 Å². The minimum Gasteiger partial charge on any atom is -0.456 e. The summed E-state index contributed by atoms with van der Waals surface area (Å²) in [6, 6.07) is 44.5. The molecule has 1 nitrogen and oxygen atoms in total. The molecule has 10 aromatic rings. The van der Waals surface area contributed by atoms with Crippen LogP contribution in [-0.2, 0) is 0 Å². The van der Waals surface area contributed by atoms with E-state index in [-0.39, 0.29) is 0 Å². The van der Waals surface area contributed by atoms with E-state index in [1.165, 1.54) is 126 Å². The van der Waals surface area contributed by atoms with Crippen molar-refractivity contribution in [2.24, 2.45) is 0 Å². The molecule has 9 aromatic carbocycles. The SMILES string of the molecule is Cc1c(C)c(C)c2c(-c3cccc4oc5cc6ccccc6cc5c34)c3c(C)c(C)c(C)c(C)c3c(-c3cc(-c4ccccc4)c4ccccc4c3)c2c1C. The van der Waals surface area contributed by atoms with Gasteiger partial charge in [0.25, 0.3) is 0 Å². The standard InChI is InChI=1S/C54H44O/c1-29-31(3)35(7)50-48(33(29)5)52(41-25-40-21-14-15-22-42(40)44(27-41)37-17-10-9-11-18-37)49-34(6)30(2)32(4)36(8)51(49)54(50)43-23-16-24-46-53(43)45-26-38-19-12-13-20-39(38)28-47(45)55-46/h9-28H,1-8H3. The van der Waals surface area contributed by atoms with Crippen LogP contribution in [0, 0.1) is 55.4 Å². The maximum absolute atomic E-state index is 6.73. The highest BCUT2D eigenvalue weighted by molar-refractivity contribution is 6.29. The van der Waals surface area contributed by atoms with E-state index in [0.717, 1.165) is 16.6 Å². The number of hydrogen-bond acceptors (Lipinski definition) is 1. The molecule has 0 fully saturated rings. The average molecular weight is 709 g/mol. The summed E-state index contributed by atoms with van der Waals surface area (Å²) in [6.07, 6.45) is 0. The van der Waals surface area contributed by atoms with E-state index in [2.05, 4.69) is 177 Å². The summed E-state index contributed by atoms with van der Waals surface area (Å²) in [6.45, 7) is 18.7. The fourth-order valence-electron chi connectivity index (χ4n) is 9.71. The Bertz CT molecular complexity index is 3180. The van der Waals surface area contributed by atoms with Crippen LogP contribution in [0.5, 0.6) is 0 Å². The third kappa shape index (κ3) is 4.72. The molecule has 0 saturated heterocycles. The zero-order valence-corrected chi connectivity index (χ0v) is 33.0. The van der Waals surface area contributed by atoms with Crippen molar-refractivity contribution in [2.45, 2.75) is 55.4 Å². The minimum atomic E-state index is 0.923. The first-order valence-electron chi connectivity index (χ1n) is 19.5. The molecule has 0 N–H and O–H groups in total. The largest absolute Gasteiger partial charge is 0.456 e. The summed E-state index contributed by atoms with van der Waals surface area (Å²) in [5.41, 5.74) is 20.3. The monoisotopic (exact) mass is 708 g/mol. The third-order valence-electron chi connectivity index (χ3n) is 13.2. The van der Waals surface area contributed by atoms with Gasteiger partial charge in [-0.15, -0.1) is 0 Å². The van der Waals surface area contributed by atoms with E-state index < -0.39 is 0 Å². The van der Waals surface area contributed by atoms with Crippen LogP contribution in [0.25, 0.3) is 98.4 Å². The van der Waals surface area contributed by atoms with Crippen LogP contribution in [0.15, 0.2) is 126 Å². The predicted octanol–water partition coefficient (Wildman–Crippen LogP) is 15.7. The topological polar surface area (TPSA) is 13.1 Å². The lowest BCUT2D eigenvalue weighted by Gasteiger charge is -2.27. The van der Waals surface area contributed by atoms with Gasteiger partial charge in [-0.3, -0.25) is 0 Å². The maximum Gasteiger partial charge on any atom is 0.136 e. The molecule has 0 amide bonds. The Morgan fingerprint density at radius 3 is 1.45 bits per heavy atom. The molecule has 0 unspecified atom stereocenters. The molecule has 1 heterocycles. The van der Waals surface area contributed by atoms with E-state index in [9.17, 15) is 0 Å². The molecule has 0 radical (unpaired) electrons. The molecular weight excluding hydrogens is 665 g/mol. The number of benzene rings is 9. The molecule has 0 aliphatic heterocycles. The van der Waals surface area contributed by atoms with Crippen LogP contribution in [0.1, 0.15) is 44.5 Å². The molecule has 0 aliphatic carbocycles. The normalized spacial score (nSPS) is 12.0. The summed E-state index contributed by atoms with van der Waals surface area (Å²) in [5, 5.41) is 12.6. The molecule has 266 valence electrons. The van der Waals surface area contributed by atoms with Crippen LogP contribution < -0.4 is 0 Å². The van der Waals surface area contributed by atoms with E-state index >= 15 is 0 Å². The van der Waals surface area contributed by atoms with Crippen LogP contribution in [0.4, 0.5) is 0 Å². The molecular formula is C54H44O. The maximum atomic E-state index is 6.73. The van der Waals surface area contributed by atoms with Gasteiger partial charge in [0, 0.05) is 10.8 Å². The summed E-state index contributed by atoms with van der Waals surface area (Å²) in [4.78, 5) is 0. The minimum absolute atomic E-state index is 0.923. The second kappa shape index (κ2) is 12.2. The van der Waals surface area contributed by atoms with Gasteiger partial charge >= 0.3 is 0 Å². The van der Waals surface area contributed by atoms with Gasteiger partial charge in [-0.05, 0) is 207 Å². The number of furan rings is 1. The molecule has 0 bridgehead atoms. The highest BCUT2D eigenvalue weighted by Gasteiger charge is 2.28. The van der Waals surface area contributed by atoms with Gasteiger partial charge in [-0.1, -0.05) is 91.0 Å². The van der Waals surface area contributed by atoms with Crippen LogP contribution in [0.3, 0.4) is 0 Å².